The van der Waals surface area contributed by atoms with Crippen molar-refractivity contribution in [2.24, 2.45) is 0 Å². The van der Waals surface area contributed by atoms with E-state index in [1.807, 2.05) is 24.3 Å². The summed E-state index contributed by atoms with van der Waals surface area (Å²) in [4.78, 5) is 32.4. The molecule has 0 bridgehead atoms. The van der Waals surface area contributed by atoms with Crippen molar-refractivity contribution in [3.8, 4) is 0 Å². The Labute approximate surface area is 153 Å². The summed E-state index contributed by atoms with van der Waals surface area (Å²) in [7, 11) is 2.13. The van der Waals surface area contributed by atoms with Crippen molar-refractivity contribution in [2.45, 2.75) is 0 Å². The number of rotatable bonds is 5. The molecule has 0 aliphatic carbocycles. The zero-order valence-electron chi connectivity index (χ0n) is 14.8. The van der Waals surface area contributed by atoms with Gasteiger partial charge in [0.25, 0.3) is 5.91 Å². The Balaban J connectivity index is 1.48. The van der Waals surface area contributed by atoms with E-state index in [4.69, 9.17) is 0 Å². The van der Waals surface area contributed by atoms with E-state index in [2.05, 4.69) is 32.5 Å². The molecule has 2 heterocycles. The van der Waals surface area contributed by atoms with Gasteiger partial charge in [0, 0.05) is 49.9 Å². The summed E-state index contributed by atoms with van der Waals surface area (Å²) in [6.45, 7) is 4.02. The lowest BCUT2D eigenvalue weighted by molar-refractivity contribution is -0.115. The van der Waals surface area contributed by atoms with Gasteiger partial charge < -0.3 is 20.4 Å². The van der Waals surface area contributed by atoms with Crippen molar-refractivity contribution < 1.29 is 9.59 Å². The zero-order chi connectivity index (χ0) is 18.4. The number of hydrogen-bond acceptors (Lipinski definition) is 5. The summed E-state index contributed by atoms with van der Waals surface area (Å²) in [5.41, 5.74) is 2.29. The molecule has 7 heteroatoms. The molecule has 0 unspecified atom stereocenters. The van der Waals surface area contributed by atoms with E-state index in [0.717, 1.165) is 31.9 Å². The SMILES string of the molecule is CN1CCN(c2ccc(NC(=O)CNC(=O)c3cccnc3)cc2)CC1. The molecular formula is C19H23N5O2. The van der Waals surface area contributed by atoms with Crippen molar-refractivity contribution >= 4 is 23.2 Å². The number of aromatic nitrogens is 1. The second kappa shape index (κ2) is 8.44. The van der Waals surface area contributed by atoms with E-state index in [1.54, 1.807) is 18.3 Å². The number of nitrogens with zero attached hydrogens (tertiary/aromatic N) is 3. The number of carbonyl (C=O) groups excluding carboxylic acids is 2. The van der Waals surface area contributed by atoms with Crippen molar-refractivity contribution in [1.82, 2.24) is 15.2 Å². The Kier molecular flexibility index (Phi) is 5.80. The highest BCUT2D eigenvalue weighted by molar-refractivity contribution is 5.99. The first-order valence-corrected chi connectivity index (χ1v) is 8.63. The van der Waals surface area contributed by atoms with Gasteiger partial charge >= 0.3 is 0 Å². The highest BCUT2D eigenvalue weighted by Crippen LogP contribution is 2.19. The van der Waals surface area contributed by atoms with Crippen LogP contribution in [0.15, 0.2) is 48.8 Å². The molecule has 2 amide bonds. The first-order valence-electron chi connectivity index (χ1n) is 8.63. The third-order valence-corrected chi connectivity index (χ3v) is 4.35. The maximum atomic E-state index is 12.0. The standard InChI is InChI=1S/C19H23N5O2/c1-23-9-11-24(12-10-23)17-6-4-16(5-7-17)22-18(25)14-21-19(26)15-3-2-8-20-13-15/h2-8,13H,9-12,14H2,1H3,(H,21,26)(H,22,25). The van der Waals surface area contributed by atoms with Crippen LogP contribution in [0.3, 0.4) is 0 Å². The van der Waals surface area contributed by atoms with Crippen LogP contribution in [0.4, 0.5) is 11.4 Å². The molecule has 3 rings (SSSR count). The fraction of sp³-hybridized carbons (Fsp3) is 0.316. The summed E-state index contributed by atoms with van der Waals surface area (Å²) < 4.78 is 0. The van der Waals surface area contributed by atoms with Crippen molar-refractivity contribution in [1.29, 1.82) is 0 Å². The van der Waals surface area contributed by atoms with Gasteiger partial charge in [0.2, 0.25) is 5.91 Å². The quantitative estimate of drug-likeness (QED) is 0.845. The van der Waals surface area contributed by atoms with Crippen LogP contribution in [0.1, 0.15) is 10.4 Å². The van der Waals surface area contributed by atoms with Gasteiger partial charge in [-0.05, 0) is 43.4 Å². The molecule has 136 valence electrons. The van der Waals surface area contributed by atoms with Crippen LogP contribution in [-0.2, 0) is 4.79 Å². The van der Waals surface area contributed by atoms with Crippen molar-refractivity contribution in [3.63, 3.8) is 0 Å². The van der Waals surface area contributed by atoms with E-state index in [1.165, 1.54) is 6.20 Å². The van der Waals surface area contributed by atoms with Gasteiger partial charge in [-0.15, -0.1) is 0 Å². The minimum Gasteiger partial charge on any atom is -0.369 e. The lowest BCUT2D eigenvalue weighted by atomic mass is 10.2. The van der Waals surface area contributed by atoms with Gasteiger partial charge in [0.1, 0.15) is 0 Å². The predicted octanol–water partition coefficient (Wildman–Crippen LogP) is 1.20. The molecule has 0 radical (unpaired) electrons. The van der Waals surface area contributed by atoms with E-state index in [-0.39, 0.29) is 18.4 Å². The summed E-state index contributed by atoms with van der Waals surface area (Å²) in [5, 5.41) is 5.37. The number of carbonyl (C=O) groups is 2. The Bertz CT molecular complexity index is 740. The van der Waals surface area contributed by atoms with E-state index >= 15 is 0 Å². The number of piperazine rings is 1. The fourth-order valence-corrected chi connectivity index (χ4v) is 2.79. The van der Waals surface area contributed by atoms with Crippen LogP contribution >= 0.6 is 0 Å². The number of hydrogen-bond donors (Lipinski definition) is 2. The molecule has 2 aromatic rings. The number of benzene rings is 1. The third kappa shape index (κ3) is 4.80. The molecule has 1 saturated heterocycles. The lowest BCUT2D eigenvalue weighted by Gasteiger charge is -2.34. The number of amides is 2. The van der Waals surface area contributed by atoms with Crippen LogP contribution in [0.25, 0.3) is 0 Å². The van der Waals surface area contributed by atoms with Gasteiger partial charge in [-0.1, -0.05) is 0 Å². The monoisotopic (exact) mass is 353 g/mol. The van der Waals surface area contributed by atoms with E-state index in [0.29, 0.717) is 11.3 Å². The summed E-state index contributed by atoms with van der Waals surface area (Å²) >= 11 is 0. The molecule has 1 aliphatic rings. The largest absolute Gasteiger partial charge is 0.369 e. The average molecular weight is 353 g/mol. The summed E-state index contributed by atoms with van der Waals surface area (Å²) in [6.07, 6.45) is 3.06. The molecule has 1 aromatic carbocycles. The van der Waals surface area contributed by atoms with Crippen LogP contribution in [0, 0.1) is 0 Å². The molecule has 1 aliphatic heterocycles. The maximum Gasteiger partial charge on any atom is 0.253 e. The lowest BCUT2D eigenvalue weighted by Crippen LogP contribution is -2.44. The smallest absolute Gasteiger partial charge is 0.253 e. The third-order valence-electron chi connectivity index (χ3n) is 4.35. The Morgan fingerprint density at radius 3 is 2.46 bits per heavy atom. The highest BCUT2D eigenvalue weighted by Gasteiger charge is 2.14. The molecule has 1 aromatic heterocycles. The fourth-order valence-electron chi connectivity index (χ4n) is 2.79. The highest BCUT2D eigenvalue weighted by atomic mass is 16.2. The molecule has 1 fully saturated rings. The molecule has 7 nitrogen and oxygen atoms in total. The van der Waals surface area contributed by atoms with Gasteiger partial charge in [0.05, 0.1) is 12.1 Å². The Morgan fingerprint density at radius 2 is 1.81 bits per heavy atom. The molecular weight excluding hydrogens is 330 g/mol. The minimum atomic E-state index is -0.321. The molecule has 0 saturated carbocycles. The van der Waals surface area contributed by atoms with E-state index < -0.39 is 0 Å². The van der Waals surface area contributed by atoms with Crippen LogP contribution in [-0.4, -0.2) is 61.5 Å². The summed E-state index contributed by atoms with van der Waals surface area (Å²) in [6, 6.07) is 11.1. The first-order chi connectivity index (χ1) is 12.6. The van der Waals surface area contributed by atoms with Gasteiger partial charge in [-0.25, -0.2) is 0 Å². The summed E-state index contributed by atoms with van der Waals surface area (Å²) in [5.74, 6) is -0.590. The normalized spacial score (nSPS) is 14.7. The first kappa shape index (κ1) is 17.9. The topological polar surface area (TPSA) is 77.6 Å². The number of pyridine rings is 1. The van der Waals surface area contributed by atoms with Crippen LogP contribution in [0.5, 0.6) is 0 Å². The number of nitrogens with one attached hydrogen (secondary N) is 2. The Hall–Kier alpha value is -2.93. The molecule has 0 spiro atoms. The predicted molar refractivity (Wildman–Crippen MR) is 101 cm³/mol. The molecule has 26 heavy (non-hydrogen) atoms. The maximum absolute atomic E-state index is 12.0. The van der Waals surface area contributed by atoms with Gasteiger partial charge in [0.15, 0.2) is 0 Å². The van der Waals surface area contributed by atoms with Gasteiger partial charge in [-0.2, -0.15) is 0 Å². The average Bonchev–Trinajstić information content (AvgIpc) is 2.68. The number of likely N-dealkylation sites (N-methyl/N-ethyl adjacent to an activating group) is 1. The van der Waals surface area contributed by atoms with Crippen molar-refractivity contribution in [2.75, 3.05) is 50.0 Å². The van der Waals surface area contributed by atoms with Crippen LogP contribution in [0.2, 0.25) is 0 Å². The van der Waals surface area contributed by atoms with Crippen molar-refractivity contribution in [3.05, 3.63) is 54.4 Å². The Morgan fingerprint density at radius 1 is 1.08 bits per heavy atom. The second-order valence-corrected chi connectivity index (χ2v) is 6.31. The number of anilines is 2. The molecule has 0 atom stereocenters. The zero-order valence-corrected chi connectivity index (χ0v) is 14.8. The van der Waals surface area contributed by atoms with Gasteiger partial charge in [-0.3, -0.25) is 14.6 Å². The second-order valence-electron chi connectivity index (χ2n) is 6.31. The van der Waals surface area contributed by atoms with E-state index in [9.17, 15) is 9.59 Å². The van der Waals surface area contributed by atoms with Crippen LogP contribution < -0.4 is 15.5 Å². The molecule has 2 N–H and O–H groups in total. The minimum absolute atomic E-state index is 0.0893.